The first-order valence-electron chi connectivity index (χ1n) is 7.37. The molecule has 22 heavy (non-hydrogen) atoms. The summed E-state index contributed by atoms with van der Waals surface area (Å²) < 4.78 is 1.05. The number of nitrogens with zero attached hydrogens (tertiary/aromatic N) is 1. The first kappa shape index (κ1) is 16.5. The lowest BCUT2D eigenvalue weighted by molar-refractivity contribution is 0.0953. The van der Waals surface area contributed by atoms with Crippen LogP contribution in [0, 0.1) is 6.92 Å². The Bertz CT molecular complexity index is 641. The Morgan fingerprint density at radius 1 is 1.27 bits per heavy atom. The summed E-state index contributed by atoms with van der Waals surface area (Å²) in [6.07, 6.45) is 3.64. The van der Waals surface area contributed by atoms with Crippen LogP contribution in [0.1, 0.15) is 35.7 Å². The Balaban J connectivity index is 1.99. The van der Waals surface area contributed by atoms with Gasteiger partial charge in [-0.15, -0.1) is 0 Å². The first-order valence-corrected chi connectivity index (χ1v) is 8.17. The summed E-state index contributed by atoms with van der Waals surface area (Å²) in [4.78, 5) is 16.2. The van der Waals surface area contributed by atoms with Crippen LogP contribution >= 0.6 is 15.9 Å². The second-order valence-corrected chi connectivity index (χ2v) is 5.98. The standard InChI is InChI=1S/C17H20BrN3O/c1-3-4-9-19-17(22)13-6-8-16(20-11-13)21-14-7-5-12(2)15(18)10-14/h5-8,10-11H,3-4,9H2,1-2H3,(H,19,22)(H,20,21). The van der Waals surface area contributed by atoms with Gasteiger partial charge in [0.15, 0.2) is 0 Å². The van der Waals surface area contributed by atoms with Gasteiger partial charge in [0.1, 0.15) is 5.82 Å². The molecule has 5 heteroatoms. The third kappa shape index (κ3) is 4.56. The smallest absolute Gasteiger partial charge is 0.252 e. The predicted octanol–water partition coefficient (Wildman–Crippen LogP) is 4.43. The van der Waals surface area contributed by atoms with E-state index in [2.05, 4.69) is 38.5 Å². The summed E-state index contributed by atoms with van der Waals surface area (Å²) in [6.45, 7) is 4.84. The van der Waals surface area contributed by atoms with Crippen molar-refractivity contribution in [3.63, 3.8) is 0 Å². The van der Waals surface area contributed by atoms with E-state index < -0.39 is 0 Å². The number of aryl methyl sites for hydroxylation is 1. The highest BCUT2D eigenvalue weighted by Crippen LogP contribution is 2.22. The van der Waals surface area contributed by atoms with Crippen LogP contribution in [0.15, 0.2) is 41.0 Å². The summed E-state index contributed by atoms with van der Waals surface area (Å²) in [7, 11) is 0. The number of anilines is 2. The fourth-order valence-electron chi connectivity index (χ4n) is 1.90. The van der Waals surface area contributed by atoms with Crippen LogP contribution in [0.25, 0.3) is 0 Å². The fourth-order valence-corrected chi connectivity index (χ4v) is 2.28. The van der Waals surface area contributed by atoms with Crippen molar-refractivity contribution in [3.8, 4) is 0 Å². The zero-order valence-electron chi connectivity index (χ0n) is 12.8. The molecule has 0 atom stereocenters. The van der Waals surface area contributed by atoms with Crippen LogP contribution in [0.2, 0.25) is 0 Å². The molecule has 0 bridgehead atoms. The van der Waals surface area contributed by atoms with Crippen molar-refractivity contribution in [1.29, 1.82) is 0 Å². The van der Waals surface area contributed by atoms with E-state index in [1.54, 1.807) is 12.3 Å². The van der Waals surface area contributed by atoms with Gasteiger partial charge in [0.05, 0.1) is 5.56 Å². The minimum absolute atomic E-state index is 0.0782. The molecule has 1 amide bonds. The van der Waals surface area contributed by atoms with Crippen molar-refractivity contribution in [1.82, 2.24) is 10.3 Å². The molecule has 0 saturated heterocycles. The van der Waals surface area contributed by atoms with Gasteiger partial charge in [-0.3, -0.25) is 4.79 Å². The summed E-state index contributed by atoms with van der Waals surface area (Å²) in [5, 5.41) is 6.09. The van der Waals surface area contributed by atoms with Crippen LogP contribution < -0.4 is 10.6 Å². The Morgan fingerprint density at radius 2 is 2.09 bits per heavy atom. The number of nitrogens with one attached hydrogen (secondary N) is 2. The molecule has 2 N–H and O–H groups in total. The van der Waals surface area contributed by atoms with Gasteiger partial charge >= 0.3 is 0 Å². The summed E-state index contributed by atoms with van der Waals surface area (Å²) in [5.41, 5.74) is 2.70. The highest BCUT2D eigenvalue weighted by molar-refractivity contribution is 9.10. The Labute approximate surface area is 139 Å². The lowest BCUT2D eigenvalue weighted by atomic mass is 10.2. The highest BCUT2D eigenvalue weighted by Gasteiger charge is 2.05. The first-order chi connectivity index (χ1) is 10.6. The van der Waals surface area contributed by atoms with Crippen LogP contribution in [0.5, 0.6) is 0 Å². The highest BCUT2D eigenvalue weighted by atomic mass is 79.9. The fraction of sp³-hybridized carbons (Fsp3) is 0.294. The second kappa shape index (κ2) is 7.94. The summed E-state index contributed by atoms with van der Waals surface area (Å²) in [6, 6.07) is 9.61. The zero-order chi connectivity index (χ0) is 15.9. The van der Waals surface area contributed by atoms with Crippen molar-refractivity contribution in [3.05, 3.63) is 52.1 Å². The maximum atomic E-state index is 11.9. The number of carbonyl (C=O) groups is 1. The van der Waals surface area contributed by atoms with Gasteiger partial charge in [-0.2, -0.15) is 0 Å². The minimum Gasteiger partial charge on any atom is -0.352 e. The molecule has 2 rings (SSSR count). The molecule has 4 nitrogen and oxygen atoms in total. The zero-order valence-corrected chi connectivity index (χ0v) is 14.4. The molecule has 0 saturated carbocycles. The Morgan fingerprint density at radius 3 is 2.73 bits per heavy atom. The molecule has 1 aromatic carbocycles. The van der Waals surface area contributed by atoms with Gasteiger partial charge < -0.3 is 10.6 Å². The number of aromatic nitrogens is 1. The molecule has 1 heterocycles. The molecule has 0 aliphatic carbocycles. The molecule has 116 valence electrons. The predicted molar refractivity (Wildman–Crippen MR) is 93.6 cm³/mol. The normalized spacial score (nSPS) is 10.3. The Kier molecular flexibility index (Phi) is 5.95. The molecule has 2 aromatic rings. The lowest BCUT2D eigenvalue weighted by Crippen LogP contribution is -2.24. The molecule has 0 unspecified atom stereocenters. The number of pyridine rings is 1. The van der Waals surface area contributed by atoms with Gasteiger partial charge in [0, 0.05) is 22.9 Å². The number of unbranched alkanes of at least 4 members (excludes halogenated alkanes) is 1. The van der Waals surface area contributed by atoms with Gasteiger partial charge in [0.2, 0.25) is 0 Å². The number of halogens is 1. The van der Waals surface area contributed by atoms with Crippen molar-refractivity contribution in [2.45, 2.75) is 26.7 Å². The number of hydrogen-bond donors (Lipinski definition) is 2. The van der Waals surface area contributed by atoms with Crippen LogP contribution in [-0.2, 0) is 0 Å². The number of hydrogen-bond acceptors (Lipinski definition) is 3. The molecule has 0 aliphatic heterocycles. The monoisotopic (exact) mass is 361 g/mol. The third-order valence-corrected chi connectivity index (χ3v) is 4.14. The lowest BCUT2D eigenvalue weighted by Gasteiger charge is -2.08. The van der Waals surface area contributed by atoms with E-state index in [0.29, 0.717) is 17.9 Å². The van der Waals surface area contributed by atoms with Gasteiger partial charge in [0.25, 0.3) is 5.91 Å². The molecular formula is C17H20BrN3O. The molecule has 0 spiro atoms. The minimum atomic E-state index is -0.0782. The van der Waals surface area contributed by atoms with E-state index in [4.69, 9.17) is 0 Å². The second-order valence-electron chi connectivity index (χ2n) is 5.13. The summed E-state index contributed by atoms with van der Waals surface area (Å²) >= 11 is 3.51. The van der Waals surface area contributed by atoms with Gasteiger partial charge in [-0.05, 0) is 43.2 Å². The number of rotatable bonds is 6. The quantitative estimate of drug-likeness (QED) is 0.748. The number of benzene rings is 1. The van der Waals surface area contributed by atoms with E-state index in [0.717, 1.165) is 23.0 Å². The van der Waals surface area contributed by atoms with E-state index in [9.17, 15) is 4.79 Å². The van der Waals surface area contributed by atoms with Crippen molar-refractivity contribution in [2.24, 2.45) is 0 Å². The van der Waals surface area contributed by atoms with Crippen molar-refractivity contribution < 1.29 is 4.79 Å². The van der Waals surface area contributed by atoms with E-state index in [-0.39, 0.29) is 5.91 Å². The van der Waals surface area contributed by atoms with Crippen molar-refractivity contribution in [2.75, 3.05) is 11.9 Å². The summed E-state index contributed by atoms with van der Waals surface area (Å²) in [5.74, 6) is 0.631. The maximum absolute atomic E-state index is 11.9. The van der Waals surface area contributed by atoms with E-state index in [1.165, 1.54) is 5.56 Å². The SMILES string of the molecule is CCCCNC(=O)c1ccc(Nc2ccc(C)c(Br)c2)nc1. The average molecular weight is 362 g/mol. The molecule has 0 fully saturated rings. The van der Waals surface area contributed by atoms with E-state index in [1.807, 2.05) is 31.2 Å². The molecule has 0 radical (unpaired) electrons. The number of amides is 1. The molecule has 0 aliphatic rings. The Hall–Kier alpha value is -1.88. The average Bonchev–Trinajstić information content (AvgIpc) is 2.52. The number of carbonyl (C=O) groups excluding carboxylic acids is 1. The van der Waals surface area contributed by atoms with Gasteiger partial charge in [-0.1, -0.05) is 35.3 Å². The topological polar surface area (TPSA) is 54.0 Å². The van der Waals surface area contributed by atoms with Crippen LogP contribution in [0.4, 0.5) is 11.5 Å². The largest absolute Gasteiger partial charge is 0.352 e. The maximum Gasteiger partial charge on any atom is 0.252 e. The molecule has 1 aromatic heterocycles. The van der Waals surface area contributed by atoms with Crippen LogP contribution in [-0.4, -0.2) is 17.4 Å². The van der Waals surface area contributed by atoms with Gasteiger partial charge in [-0.25, -0.2) is 4.98 Å². The van der Waals surface area contributed by atoms with E-state index >= 15 is 0 Å². The van der Waals surface area contributed by atoms with Crippen LogP contribution in [0.3, 0.4) is 0 Å². The third-order valence-electron chi connectivity index (χ3n) is 3.29. The molecular weight excluding hydrogens is 342 g/mol. The van der Waals surface area contributed by atoms with Crippen molar-refractivity contribution >= 4 is 33.3 Å².